The predicted molar refractivity (Wildman–Crippen MR) is 61.0 cm³/mol. The first kappa shape index (κ1) is 11.8. The van der Waals surface area contributed by atoms with Gasteiger partial charge < -0.3 is 15.8 Å². The molecule has 1 aliphatic heterocycles. The number of carbonyl (C=O) groups is 1. The summed E-state index contributed by atoms with van der Waals surface area (Å²) in [5.41, 5.74) is 5.37. The van der Waals surface area contributed by atoms with Gasteiger partial charge in [-0.05, 0) is 19.8 Å². The number of nitrogen functional groups attached to an aromatic ring is 1. The van der Waals surface area contributed by atoms with Crippen molar-refractivity contribution in [3.05, 3.63) is 6.33 Å². The average molecular weight is 239 g/mol. The topological polar surface area (TPSA) is 95.1 Å². The summed E-state index contributed by atoms with van der Waals surface area (Å²) < 4.78 is 6.84. The number of anilines is 1. The van der Waals surface area contributed by atoms with Crippen LogP contribution in [-0.2, 0) is 16.1 Å². The molecule has 94 valence electrons. The van der Waals surface area contributed by atoms with Crippen molar-refractivity contribution in [2.75, 3.05) is 12.3 Å². The molecule has 1 aromatic heterocycles. The van der Waals surface area contributed by atoms with E-state index in [1.54, 1.807) is 0 Å². The van der Waals surface area contributed by atoms with Crippen LogP contribution in [0.15, 0.2) is 6.33 Å². The van der Waals surface area contributed by atoms with E-state index in [4.69, 9.17) is 10.5 Å². The standard InChI is InChI=1S/C10H17N5O2/c1-7-4-8(2-3-17-7)13-9(16)5-15-6-12-10(11)14-15/h6-8H,2-5H2,1H3,(H2,11,14)(H,13,16). The maximum absolute atomic E-state index is 11.7. The van der Waals surface area contributed by atoms with Crippen LogP contribution in [-0.4, -0.2) is 39.4 Å². The molecule has 0 spiro atoms. The molecule has 3 N–H and O–H groups in total. The van der Waals surface area contributed by atoms with Crippen LogP contribution in [0.5, 0.6) is 0 Å². The van der Waals surface area contributed by atoms with E-state index in [0.29, 0.717) is 6.61 Å². The fraction of sp³-hybridized carbons (Fsp3) is 0.700. The maximum Gasteiger partial charge on any atom is 0.242 e. The summed E-state index contributed by atoms with van der Waals surface area (Å²) in [5, 5.41) is 6.82. The van der Waals surface area contributed by atoms with Crippen molar-refractivity contribution in [3.8, 4) is 0 Å². The van der Waals surface area contributed by atoms with Crippen LogP contribution >= 0.6 is 0 Å². The van der Waals surface area contributed by atoms with Crippen LogP contribution in [0.2, 0.25) is 0 Å². The molecule has 2 heterocycles. The quantitative estimate of drug-likeness (QED) is 0.744. The summed E-state index contributed by atoms with van der Waals surface area (Å²) >= 11 is 0. The van der Waals surface area contributed by atoms with Gasteiger partial charge in [0, 0.05) is 12.6 Å². The number of nitrogens with zero attached hydrogens (tertiary/aromatic N) is 3. The molecule has 2 atom stereocenters. The van der Waals surface area contributed by atoms with Gasteiger partial charge in [0.05, 0.1) is 6.10 Å². The predicted octanol–water partition coefficient (Wildman–Crippen LogP) is -0.456. The number of rotatable bonds is 3. The Hall–Kier alpha value is -1.63. The Balaban J connectivity index is 1.80. The highest BCUT2D eigenvalue weighted by Gasteiger charge is 2.20. The molecule has 0 radical (unpaired) electrons. The molecule has 1 fully saturated rings. The number of amides is 1. The Morgan fingerprint density at radius 2 is 2.59 bits per heavy atom. The Labute approximate surface area is 99.3 Å². The first-order valence-electron chi connectivity index (χ1n) is 5.69. The molecule has 0 bridgehead atoms. The van der Waals surface area contributed by atoms with Gasteiger partial charge in [-0.2, -0.15) is 0 Å². The molecule has 0 saturated carbocycles. The number of nitrogens with one attached hydrogen (secondary N) is 1. The fourth-order valence-corrected chi connectivity index (χ4v) is 1.93. The third kappa shape index (κ3) is 3.42. The maximum atomic E-state index is 11.7. The highest BCUT2D eigenvalue weighted by atomic mass is 16.5. The molecular weight excluding hydrogens is 222 g/mol. The van der Waals surface area contributed by atoms with Crippen molar-refractivity contribution < 1.29 is 9.53 Å². The molecule has 1 aliphatic rings. The van der Waals surface area contributed by atoms with E-state index in [2.05, 4.69) is 15.4 Å². The minimum absolute atomic E-state index is 0.0750. The van der Waals surface area contributed by atoms with Gasteiger partial charge in [-0.1, -0.05) is 0 Å². The van der Waals surface area contributed by atoms with Crippen LogP contribution in [0.1, 0.15) is 19.8 Å². The summed E-state index contributed by atoms with van der Waals surface area (Å²) in [6.45, 7) is 2.86. The summed E-state index contributed by atoms with van der Waals surface area (Å²) in [4.78, 5) is 15.5. The van der Waals surface area contributed by atoms with Crippen molar-refractivity contribution in [2.24, 2.45) is 0 Å². The van der Waals surface area contributed by atoms with E-state index >= 15 is 0 Å². The van der Waals surface area contributed by atoms with Crippen LogP contribution in [0, 0.1) is 0 Å². The summed E-state index contributed by atoms with van der Waals surface area (Å²) in [6, 6.07) is 0.187. The van der Waals surface area contributed by atoms with E-state index in [0.717, 1.165) is 12.8 Å². The van der Waals surface area contributed by atoms with Crippen molar-refractivity contribution in [1.82, 2.24) is 20.1 Å². The normalized spacial score (nSPS) is 24.5. The first-order valence-corrected chi connectivity index (χ1v) is 5.69. The van der Waals surface area contributed by atoms with Gasteiger partial charge in [0.1, 0.15) is 12.9 Å². The summed E-state index contributed by atoms with van der Waals surface area (Å²) in [7, 11) is 0. The Morgan fingerprint density at radius 3 is 3.24 bits per heavy atom. The van der Waals surface area contributed by atoms with Gasteiger partial charge in [0.15, 0.2) is 0 Å². The van der Waals surface area contributed by atoms with E-state index < -0.39 is 0 Å². The van der Waals surface area contributed by atoms with Gasteiger partial charge in [-0.3, -0.25) is 4.79 Å². The fourth-order valence-electron chi connectivity index (χ4n) is 1.93. The minimum Gasteiger partial charge on any atom is -0.378 e. The van der Waals surface area contributed by atoms with Gasteiger partial charge in [-0.25, -0.2) is 9.67 Å². The molecule has 7 heteroatoms. The lowest BCUT2D eigenvalue weighted by Crippen LogP contribution is -2.42. The zero-order valence-corrected chi connectivity index (χ0v) is 9.80. The molecule has 0 aliphatic carbocycles. The van der Waals surface area contributed by atoms with E-state index in [1.807, 2.05) is 6.92 Å². The number of hydrogen-bond donors (Lipinski definition) is 2. The van der Waals surface area contributed by atoms with Crippen molar-refractivity contribution >= 4 is 11.9 Å². The van der Waals surface area contributed by atoms with E-state index in [9.17, 15) is 4.79 Å². The van der Waals surface area contributed by atoms with E-state index in [1.165, 1.54) is 11.0 Å². The second-order valence-corrected chi connectivity index (χ2v) is 4.27. The summed E-state index contributed by atoms with van der Waals surface area (Å²) in [5.74, 6) is 0.103. The molecular formula is C10H17N5O2. The monoisotopic (exact) mass is 239 g/mol. The molecule has 2 rings (SSSR count). The minimum atomic E-state index is -0.0750. The zero-order chi connectivity index (χ0) is 12.3. The third-order valence-corrected chi connectivity index (χ3v) is 2.71. The second-order valence-electron chi connectivity index (χ2n) is 4.27. The highest BCUT2D eigenvalue weighted by Crippen LogP contribution is 2.12. The number of carbonyl (C=O) groups excluding carboxylic acids is 1. The lowest BCUT2D eigenvalue weighted by molar-refractivity contribution is -0.123. The van der Waals surface area contributed by atoms with Crippen LogP contribution in [0.3, 0.4) is 0 Å². The third-order valence-electron chi connectivity index (χ3n) is 2.71. The molecule has 1 aromatic rings. The number of hydrogen-bond acceptors (Lipinski definition) is 5. The van der Waals surface area contributed by atoms with Crippen LogP contribution in [0.25, 0.3) is 0 Å². The number of ether oxygens (including phenoxy) is 1. The molecule has 1 amide bonds. The Kier molecular flexibility index (Phi) is 3.58. The molecule has 1 saturated heterocycles. The van der Waals surface area contributed by atoms with E-state index in [-0.39, 0.29) is 30.5 Å². The van der Waals surface area contributed by atoms with Gasteiger partial charge >= 0.3 is 0 Å². The van der Waals surface area contributed by atoms with Gasteiger partial charge in [0.2, 0.25) is 11.9 Å². The van der Waals surface area contributed by atoms with Gasteiger partial charge in [0.25, 0.3) is 0 Å². The number of nitrogens with two attached hydrogens (primary N) is 1. The average Bonchev–Trinajstić information content (AvgIpc) is 2.63. The molecule has 2 unspecified atom stereocenters. The van der Waals surface area contributed by atoms with Crippen LogP contribution < -0.4 is 11.1 Å². The Morgan fingerprint density at radius 1 is 1.76 bits per heavy atom. The first-order chi connectivity index (χ1) is 8.13. The second kappa shape index (κ2) is 5.13. The highest BCUT2D eigenvalue weighted by molar-refractivity contribution is 5.75. The number of aromatic nitrogens is 3. The zero-order valence-electron chi connectivity index (χ0n) is 9.80. The molecule has 7 nitrogen and oxygen atoms in total. The van der Waals surface area contributed by atoms with Crippen LogP contribution in [0.4, 0.5) is 5.95 Å². The smallest absolute Gasteiger partial charge is 0.242 e. The van der Waals surface area contributed by atoms with Crippen molar-refractivity contribution in [1.29, 1.82) is 0 Å². The largest absolute Gasteiger partial charge is 0.378 e. The lowest BCUT2D eigenvalue weighted by Gasteiger charge is -2.27. The molecule has 17 heavy (non-hydrogen) atoms. The van der Waals surface area contributed by atoms with Gasteiger partial charge in [-0.15, -0.1) is 5.10 Å². The SMILES string of the molecule is CC1CC(NC(=O)Cn2cnc(N)n2)CCO1. The molecule has 0 aromatic carbocycles. The summed E-state index contributed by atoms with van der Waals surface area (Å²) in [6.07, 6.45) is 3.36. The van der Waals surface area contributed by atoms with Crippen molar-refractivity contribution in [3.63, 3.8) is 0 Å². The van der Waals surface area contributed by atoms with Crippen molar-refractivity contribution in [2.45, 2.75) is 38.5 Å². The lowest BCUT2D eigenvalue weighted by atomic mass is 10.0. The Bertz CT molecular complexity index is 392.